The van der Waals surface area contributed by atoms with Crippen LogP contribution in [-0.2, 0) is 9.47 Å². The Hall–Kier alpha value is -1.77. The van der Waals surface area contributed by atoms with Crippen LogP contribution in [0, 0.1) is 0 Å². The Morgan fingerprint density at radius 3 is 2.21 bits per heavy atom. The lowest BCUT2D eigenvalue weighted by molar-refractivity contribution is 0.0601. The van der Waals surface area contributed by atoms with Crippen LogP contribution in [-0.4, -0.2) is 19.7 Å². The predicted molar refractivity (Wildman–Crippen MR) is 52.9 cm³/mol. The molecule has 3 nitrogen and oxygen atoms in total. The second-order valence-corrected chi connectivity index (χ2v) is 2.56. The molecule has 2 rings (SSSR count). The van der Waals surface area contributed by atoms with Crippen molar-refractivity contribution in [3.8, 4) is 0 Å². The lowest BCUT2D eigenvalue weighted by Gasteiger charge is -1.99. The molecule has 3 heteroatoms. The number of benzene rings is 1. The molecule has 1 aromatic carbocycles. The number of carbonyl (C=O) groups is 1. The first-order valence-corrected chi connectivity index (χ1v) is 4.24. The van der Waals surface area contributed by atoms with Crippen LogP contribution in [0.1, 0.15) is 10.4 Å². The fourth-order valence-corrected chi connectivity index (χ4v) is 0.788. The van der Waals surface area contributed by atoms with Crippen molar-refractivity contribution >= 4 is 5.97 Å². The molecule has 14 heavy (non-hydrogen) atoms. The molecule has 0 atom stereocenters. The Morgan fingerprint density at radius 1 is 1.36 bits per heavy atom. The van der Waals surface area contributed by atoms with Gasteiger partial charge < -0.3 is 9.47 Å². The molecule has 1 aliphatic rings. The third-order valence-corrected chi connectivity index (χ3v) is 1.58. The zero-order valence-corrected chi connectivity index (χ0v) is 7.97. The second kappa shape index (κ2) is 5.80. The number of methoxy groups -OCH3 is 1. The average molecular weight is 192 g/mol. The summed E-state index contributed by atoms with van der Waals surface area (Å²) >= 11 is 0. The monoisotopic (exact) mass is 192 g/mol. The predicted octanol–water partition coefficient (Wildman–Crippen LogP) is 2.00. The lowest BCUT2D eigenvalue weighted by Crippen LogP contribution is -1.99. The van der Waals surface area contributed by atoms with Gasteiger partial charge in [-0.05, 0) is 18.2 Å². The van der Waals surface area contributed by atoms with Crippen LogP contribution in [0.5, 0.6) is 0 Å². The van der Waals surface area contributed by atoms with E-state index in [-0.39, 0.29) is 5.97 Å². The van der Waals surface area contributed by atoms with Gasteiger partial charge in [-0.1, -0.05) is 18.2 Å². The van der Waals surface area contributed by atoms with Crippen LogP contribution in [0.15, 0.2) is 42.7 Å². The number of carbonyl (C=O) groups excluding carboxylic acids is 1. The maximum Gasteiger partial charge on any atom is 0.337 e. The summed E-state index contributed by atoms with van der Waals surface area (Å²) in [5.74, 6) is -0.291. The Kier molecular flexibility index (Phi) is 4.27. The highest BCUT2D eigenvalue weighted by atomic mass is 16.5. The van der Waals surface area contributed by atoms with Crippen molar-refractivity contribution in [3.05, 3.63) is 48.2 Å². The van der Waals surface area contributed by atoms with Crippen LogP contribution in [0.25, 0.3) is 0 Å². The summed E-state index contributed by atoms with van der Waals surface area (Å²) in [6, 6.07) is 8.88. The summed E-state index contributed by atoms with van der Waals surface area (Å²) in [5, 5.41) is 0. The van der Waals surface area contributed by atoms with E-state index < -0.39 is 0 Å². The zero-order chi connectivity index (χ0) is 10.2. The van der Waals surface area contributed by atoms with Gasteiger partial charge in [-0.2, -0.15) is 0 Å². The van der Waals surface area contributed by atoms with Crippen molar-refractivity contribution in [2.75, 3.05) is 13.7 Å². The summed E-state index contributed by atoms with van der Waals surface area (Å²) in [6.45, 7) is 0.819. The molecule has 1 aliphatic heterocycles. The largest absolute Gasteiger partial charge is 0.497 e. The molecule has 0 saturated heterocycles. The third kappa shape index (κ3) is 3.31. The van der Waals surface area contributed by atoms with E-state index in [1.54, 1.807) is 30.5 Å². The molecule has 0 radical (unpaired) electrons. The van der Waals surface area contributed by atoms with E-state index in [2.05, 4.69) is 9.47 Å². The van der Waals surface area contributed by atoms with Crippen molar-refractivity contribution in [3.63, 3.8) is 0 Å². The Morgan fingerprint density at radius 2 is 1.86 bits per heavy atom. The quantitative estimate of drug-likeness (QED) is 0.638. The minimum absolute atomic E-state index is 0.291. The highest BCUT2D eigenvalue weighted by Gasteiger charge is 2.00. The van der Waals surface area contributed by atoms with Crippen LogP contribution < -0.4 is 0 Å². The van der Waals surface area contributed by atoms with E-state index in [0.29, 0.717) is 5.56 Å². The molecule has 0 spiro atoms. The average Bonchev–Trinajstić information content (AvgIpc) is 2.15. The molecule has 0 amide bonds. The topological polar surface area (TPSA) is 35.5 Å². The van der Waals surface area contributed by atoms with Gasteiger partial charge in [-0.15, -0.1) is 0 Å². The smallest absolute Gasteiger partial charge is 0.337 e. The number of hydrogen-bond donors (Lipinski definition) is 0. The first-order chi connectivity index (χ1) is 6.84. The molecule has 0 unspecified atom stereocenters. The number of ether oxygens (including phenoxy) is 2. The Balaban J connectivity index is 0.000000203. The molecule has 74 valence electrons. The van der Waals surface area contributed by atoms with Crippen molar-refractivity contribution in [2.45, 2.75) is 0 Å². The lowest BCUT2D eigenvalue weighted by atomic mass is 10.2. The maximum atomic E-state index is 10.8. The first-order valence-electron chi connectivity index (χ1n) is 4.24. The van der Waals surface area contributed by atoms with Gasteiger partial charge in [0.2, 0.25) is 0 Å². The van der Waals surface area contributed by atoms with Crippen LogP contribution >= 0.6 is 0 Å². The molecule has 0 fully saturated rings. The van der Waals surface area contributed by atoms with Gasteiger partial charge in [0.05, 0.1) is 18.9 Å². The number of esters is 1. The Bertz CT molecular complexity index is 298. The molecule has 0 aliphatic carbocycles. The van der Waals surface area contributed by atoms with Gasteiger partial charge in [0.25, 0.3) is 0 Å². The van der Waals surface area contributed by atoms with Crippen LogP contribution in [0.3, 0.4) is 0 Å². The van der Waals surface area contributed by atoms with Gasteiger partial charge in [0.15, 0.2) is 0 Å². The fourth-order valence-electron chi connectivity index (χ4n) is 0.788. The van der Waals surface area contributed by atoms with E-state index in [0.717, 1.165) is 6.61 Å². The summed E-state index contributed by atoms with van der Waals surface area (Å²) in [6.07, 6.45) is 3.64. The van der Waals surface area contributed by atoms with Crippen molar-refractivity contribution in [1.29, 1.82) is 0 Å². The van der Waals surface area contributed by atoms with Crippen molar-refractivity contribution in [1.82, 2.24) is 0 Å². The van der Waals surface area contributed by atoms with E-state index >= 15 is 0 Å². The SMILES string of the molecule is C1=COC1.COC(=O)c1ccccc1. The van der Waals surface area contributed by atoms with E-state index in [4.69, 9.17) is 0 Å². The molecule has 0 bridgehead atoms. The Labute approximate surface area is 83.0 Å². The van der Waals surface area contributed by atoms with Gasteiger partial charge in [-0.3, -0.25) is 0 Å². The number of hydrogen-bond acceptors (Lipinski definition) is 3. The molecule has 0 N–H and O–H groups in total. The maximum absolute atomic E-state index is 10.8. The molecule has 1 heterocycles. The summed E-state index contributed by atoms with van der Waals surface area (Å²) < 4.78 is 9.04. The van der Waals surface area contributed by atoms with E-state index in [1.807, 2.05) is 12.1 Å². The normalized spacial score (nSPS) is 11.5. The minimum atomic E-state index is -0.291. The minimum Gasteiger partial charge on any atom is -0.497 e. The van der Waals surface area contributed by atoms with E-state index in [1.165, 1.54) is 7.11 Å². The molecule has 0 saturated carbocycles. The first kappa shape index (κ1) is 10.3. The summed E-state index contributed by atoms with van der Waals surface area (Å²) in [4.78, 5) is 10.8. The molecular formula is C11H12O3. The zero-order valence-electron chi connectivity index (χ0n) is 7.97. The van der Waals surface area contributed by atoms with Crippen molar-refractivity contribution < 1.29 is 14.3 Å². The second-order valence-electron chi connectivity index (χ2n) is 2.56. The van der Waals surface area contributed by atoms with E-state index in [9.17, 15) is 4.79 Å². The molecular weight excluding hydrogens is 180 g/mol. The summed E-state index contributed by atoms with van der Waals surface area (Å²) in [7, 11) is 1.37. The molecule has 0 aromatic heterocycles. The summed E-state index contributed by atoms with van der Waals surface area (Å²) in [5.41, 5.74) is 0.588. The van der Waals surface area contributed by atoms with Gasteiger partial charge in [0.1, 0.15) is 6.61 Å². The van der Waals surface area contributed by atoms with Crippen LogP contribution in [0.4, 0.5) is 0 Å². The van der Waals surface area contributed by atoms with Gasteiger partial charge in [0, 0.05) is 0 Å². The molecule has 1 aromatic rings. The number of rotatable bonds is 1. The highest BCUT2D eigenvalue weighted by Crippen LogP contribution is 1.98. The fraction of sp³-hybridized carbons (Fsp3) is 0.182. The standard InChI is InChI=1S/C8H8O2.C3H4O/c1-10-8(9)7-5-3-2-4-6-7;1-2-4-3-1/h2-6H,1H3;1-2H,3H2. The van der Waals surface area contributed by atoms with Gasteiger partial charge >= 0.3 is 5.97 Å². The highest BCUT2D eigenvalue weighted by molar-refractivity contribution is 5.89. The third-order valence-electron chi connectivity index (χ3n) is 1.58. The van der Waals surface area contributed by atoms with Gasteiger partial charge in [-0.25, -0.2) is 4.79 Å². The van der Waals surface area contributed by atoms with Crippen LogP contribution in [0.2, 0.25) is 0 Å². The van der Waals surface area contributed by atoms with Crippen molar-refractivity contribution in [2.24, 2.45) is 0 Å².